The number of benzene rings is 2. The van der Waals surface area contributed by atoms with Gasteiger partial charge < -0.3 is 9.05 Å². The minimum Gasteiger partial charge on any atom is -0.430 e. The van der Waals surface area contributed by atoms with E-state index in [1.165, 1.54) is 0 Å². The molecule has 0 unspecified atom stereocenters. The molecule has 0 aliphatic carbocycles. The maximum atomic E-state index is 5.88. The molecule has 0 spiro atoms. The van der Waals surface area contributed by atoms with Crippen LogP contribution >= 0.6 is 7.51 Å². The molecule has 0 aliphatic rings. The third-order valence-corrected chi connectivity index (χ3v) is 4.23. The summed E-state index contributed by atoms with van der Waals surface area (Å²) in [7, 11) is -0.547. The van der Waals surface area contributed by atoms with Crippen molar-refractivity contribution < 1.29 is 9.05 Å². The van der Waals surface area contributed by atoms with E-state index in [2.05, 4.69) is 4.74 Å². The molecule has 2 rings (SSSR count). The minimum absolute atomic E-state index is 0.773. The largest absolute Gasteiger partial charge is 0.430 e. The Labute approximate surface area is 135 Å². The molecule has 0 bridgehead atoms. The third-order valence-electron chi connectivity index (χ3n) is 2.40. The fourth-order valence-corrected chi connectivity index (χ4v) is 2.68. The molecule has 2 aromatic rings. The van der Waals surface area contributed by atoms with Gasteiger partial charge in [-0.2, -0.15) is 0 Å². The van der Waals surface area contributed by atoms with Gasteiger partial charge in [-0.3, -0.25) is 0 Å². The lowest BCUT2D eigenvalue weighted by Gasteiger charge is -2.21. The third kappa shape index (κ3) is 7.33. The highest BCUT2D eigenvalue weighted by molar-refractivity contribution is 7.56. The van der Waals surface area contributed by atoms with E-state index < -0.39 is 7.51 Å². The van der Waals surface area contributed by atoms with Crippen LogP contribution in [0.2, 0.25) is 0 Å². The fraction of sp³-hybridized carbons (Fsp3) is 0.333. The van der Waals surface area contributed by atoms with Gasteiger partial charge in [0, 0.05) is 13.7 Å². The number of nitrogens with zero attached hydrogens (tertiary/aromatic N) is 1. The molecule has 3 nitrogen and oxygen atoms in total. The minimum atomic E-state index is -2.27. The maximum absolute atomic E-state index is 5.88. The van der Waals surface area contributed by atoms with Crippen molar-refractivity contribution in [2.45, 2.75) is 27.7 Å². The van der Waals surface area contributed by atoms with Crippen molar-refractivity contribution in [1.82, 2.24) is 0 Å². The molecule has 0 fully saturated rings. The molecular formula is C18H28NO2P. The molecule has 122 valence electrons. The normalized spacial score (nSPS) is 9.36. The molecule has 2 aromatic carbocycles. The van der Waals surface area contributed by atoms with Crippen molar-refractivity contribution in [3.8, 4) is 11.5 Å². The molecule has 22 heavy (non-hydrogen) atoms. The molecule has 0 aromatic heterocycles. The van der Waals surface area contributed by atoms with Gasteiger partial charge >= 0.3 is 7.51 Å². The first-order chi connectivity index (χ1) is 10.7. The molecule has 0 aliphatic heterocycles. The first-order valence-electron chi connectivity index (χ1n) is 7.69. The molecule has 0 saturated heterocycles. The summed E-state index contributed by atoms with van der Waals surface area (Å²) in [6.45, 7) is 9.90. The average Bonchev–Trinajstić information content (AvgIpc) is 2.60. The van der Waals surface area contributed by atoms with Crippen LogP contribution in [0.15, 0.2) is 65.4 Å². The Kier molecular flexibility index (Phi) is 10.9. The van der Waals surface area contributed by atoms with E-state index >= 15 is 0 Å². The quantitative estimate of drug-likeness (QED) is 0.603. The van der Waals surface area contributed by atoms with Gasteiger partial charge in [0.25, 0.3) is 0 Å². The first kappa shape index (κ1) is 20.3. The van der Waals surface area contributed by atoms with Crippen LogP contribution in [0.3, 0.4) is 0 Å². The molecule has 0 amide bonds. The van der Waals surface area contributed by atoms with Crippen molar-refractivity contribution >= 4 is 7.51 Å². The van der Waals surface area contributed by atoms with Crippen LogP contribution in [0.5, 0.6) is 11.5 Å². The Balaban J connectivity index is 0.00000102. The highest BCUT2D eigenvalue weighted by Crippen LogP contribution is 2.47. The van der Waals surface area contributed by atoms with E-state index in [1.807, 2.05) is 95.0 Å². The average molecular weight is 321 g/mol. The number of para-hydroxylation sites is 2. The SMILES string of the molecule is CC.CC.CN=P(C)(Oc1ccccc1)Oc1ccccc1. The van der Waals surface area contributed by atoms with Gasteiger partial charge in [-0.1, -0.05) is 64.1 Å². The molecule has 4 heteroatoms. The van der Waals surface area contributed by atoms with Gasteiger partial charge in [0.05, 0.1) is 0 Å². The van der Waals surface area contributed by atoms with Crippen LogP contribution < -0.4 is 9.05 Å². The Morgan fingerprint density at radius 3 is 1.27 bits per heavy atom. The van der Waals surface area contributed by atoms with Crippen LogP contribution in [0, 0.1) is 0 Å². The second-order valence-corrected chi connectivity index (χ2v) is 6.18. The topological polar surface area (TPSA) is 30.8 Å². The van der Waals surface area contributed by atoms with Gasteiger partial charge in [0.2, 0.25) is 0 Å². The fourth-order valence-electron chi connectivity index (χ4n) is 1.45. The summed E-state index contributed by atoms with van der Waals surface area (Å²) >= 11 is 0. The monoisotopic (exact) mass is 321 g/mol. The Morgan fingerprint density at radius 1 is 0.682 bits per heavy atom. The lowest BCUT2D eigenvalue weighted by molar-refractivity contribution is 0.481. The van der Waals surface area contributed by atoms with Crippen LogP contribution in [0.1, 0.15) is 27.7 Å². The summed E-state index contributed by atoms with van der Waals surface area (Å²) < 4.78 is 16.0. The molecule has 0 N–H and O–H groups in total. The number of rotatable bonds is 4. The predicted octanol–water partition coefficient (Wildman–Crippen LogP) is 6.49. The smallest absolute Gasteiger partial charge is 0.310 e. The van der Waals surface area contributed by atoms with Crippen LogP contribution in [0.4, 0.5) is 0 Å². The summed E-state index contributed by atoms with van der Waals surface area (Å²) in [5.74, 6) is 1.55. The van der Waals surface area contributed by atoms with E-state index in [1.54, 1.807) is 7.05 Å². The van der Waals surface area contributed by atoms with Crippen LogP contribution in [-0.2, 0) is 0 Å². The van der Waals surface area contributed by atoms with E-state index in [0.717, 1.165) is 11.5 Å². The van der Waals surface area contributed by atoms with Gasteiger partial charge in [0.15, 0.2) is 0 Å². The first-order valence-corrected chi connectivity index (χ1v) is 9.71. The second kappa shape index (κ2) is 11.9. The summed E-state index contributed by atoms with van der Waals surface area (Å²) in [5, 5.41) is 0. The molecule has 0 atom stereocenters. The highest BCUT2D eigenvalue weighted by atomic mass is 31.2. The molecule has 0 saturated carbocycles. The number of hydrogen-bond acceptors (Lipinski definition) is 3. The van der Waals surface area contributed by atoms with Crippen molar-refractivity contribution in [2.24, 2.45) is 4.74 Å². The standard InChI is InChI=1S/C14H16NO2P.2C2H6/c1-15-18(2,16-13-9-5-3-6-10-13)17-14-11-7-4-8-12-14;2*1-2/h3-12H,1-2H3;2*1-2H3. The zero-order valence-electron chi connectivity index (χ0n) is 14.5. The second-order valence-electron chi connectivity index (χ2n) is 3.81. The summed E-state index contributed by atoms with van der Waals surface area (Å²) in [6, 6.07) is 19.2. The van der Waals surface area contributed by atoms with Crippen molar-refractivity contribution in [3.05, 3.63) is 60.7 Å². The van der Waals surface area contributed by atoms with Crippen LogP contribution in [-0.4, -0.2) is 13.7 Å². The summed E-state index contributed by atoms with van der Waals surface area (Å²) in [5.41, 5.74) is 0. The van der Waals surface area contributed by atoms with E-state index in [9.17, 15) is 0 Å². The number of hydrogen-bond donors (Lipinski definition) is 0. The molecule has 0 heterocycles. The predicted molar refractivity (Wildman–Crippen MR) is 98.0 cm³/mol. The summed E-state index contributed by atoms with van der Waals surface area (Å²) in [4.78, 5) is 0. The van der Waals surface area contributed by atoms with Crippen LogP contribution in [0.25, 0.3) is 0 Å². The van der Waals surface area contributed by atoms with Crippen molar-refractivity contribution in [1.29, 1.82) is 0 Å². The van der Waals surface area contributed by atoms with Crippen molar-refractivity contribution in [3.63, 3.8) is 0 Å². The zero-order valence-corrected chi connectivity index (χ0v) is 15.4. The van der Waals surface area contributed by atoms with E-state index in [0.29, 0.717) is 0 Å². The van der Waals surface area contributed by atoms with E-state index in [-0.39, 0.29) is 0 Å². The van der Waals surface area contributed by atoms with Gasteiger partial charge in [-0.05, 0) is 24.3 Å². The molecular weight excluding hydrogens is 293 g/mol. The zero-order chi connectivity index (χ0) is 16.8. The lowest BCUT2D eigenvalue weighted by atomic mass is 10.3. The molecule has 0 radical (unpaired) electrons. The van der Waals surface area contributed by atoms with Gasteiger partial charge in [-0.25, -0.2) is 4.74 Å². The Bertz CT molecular complexity index is 496. The van der Waals surface area contributed by atoms with Crippen molar-refractivity contribution in [2.75, 3.05) is 13.7 Å². The van der Waals surface area contributed by atoms with E-state index in [4.69, 9.17) is 9.05 Å². The highest BCUT2D eigenvalue weighted by Gasteiger charge is 2.16. The maximum Gasteiger partial charge on any atom is 0.310 e. The Morgan fingerprint density at radius 2 is 1.00 bits per heavy atom. The lowest BCUT2D eigenvalue weighted by Crippen LogP contribution is -1.99. The summed E-state index contributed by atoms with van der Waals surface area (Å²) in [6.07, 6.45) is 0. The Hall–Kier alpha value is -1.73. The van der Waals surface area contributed by atoms with Gasteiger partial charge in [-0.15, -0.1) is 0 Å². The van der Waals surface area contributed by atoms with Gasteiger partial charge in [0.1, 0.15) is 11.5 Å².